The highest BCUT2D eigenvalue weighted by molar-refractivity contribution is 6.35. The average molecular weight is 350 g/mol. The molecule has 0 spiro atoms. The van der Waals surface area contributed by atoms with E-state index in [-0.39, 0.29) is 6.61 Å². The van der Waals surface area contributed by atoms with E-state index in [2.05, 4.69) is 15.5 Å². The summed E-state index contributed by atoms with van der Waals surface area (Å²) in [6, 6.07) is 14.6. The van der Waals surface area contributed by atoms with Crippen molar-refractivity contribution in [2.24, 2.45) is 0 Å². The second-order valence-corrected chi connectivity index (χ2v) is 5.58. The molecule has 23 heavy (non-hydrogen) atoms. The van der Waals surface area contributed by atoms with Crippen LogP contribution in [0.25, 0.3) is 0 Å². The molecule has 0 aliphatic heterocycles. The first-order valence-corrected chi connectivity index (χ1v) is 7.64. The van der Waals surface area contributed by atoms with Gasteiger partial charge in [-0.15, -0.1) is 10.2 Å². The highest BCUT2D eigenvalue weighted by Gasteiger charge is 2.07. The molecule has 2 aromatic carbocycles. The number of anilines is 1. The van der Waals surface area contributed by atoms with E-state index in [1.807, 2.05) is 30.3 Å². The molecule has 0 aliphatic carbocycles. The zero-order chi connectivity index (χ0) is 16.1. The van der Waals surface area contributed by atoms with Crippen molar-refractivity contribution in [3.05, 3.63) is 70.4 Å². The van der Waals surface area contributed by atoms with Gasteiger partial charge in [0, 0.05) is 15.7 Å². The van der Waals surface area contributed by atoms with Crippen LogP contribution >= 0.6 is 23.2 Å². The number of para-hydroxylation sites is 1. The Labute approximate surface area is 143 Å². The molecular weight excluding hydrogens is 337 g/mol. The van der Waals surface area contributed by atoms with Gasteiger partial charge >= 0.3 is 0 Å². The Morgan fingerprint density at radius 1 is 0.957 bits per heavy atom. The fraction of sp³-hybridized carbons (Fsp3) is 0.125. The van der Waals surface area contributed by atoms with Crippen LogP contribution in [0.2, 0.25) is 10.0 Å². The molecule has 0 saturated carbocycles. The van der Waals surface area contributed by atoms with E-state index in [9.17, 15) is 0 Å². The molecule has 7 heteroatoms. The van der Waals surface area contributed by atoms with Crippen molar-refractivity contribution in [3.8, 4) is 5.75 Å². The first-order valence-electron chi connectivity index (χ1n) is 6.88. The first kappa shape index (κ1) is 15.6. The lowest BCUT2D eigenvalue weighted by Crippen LogP contribution is -1.99. The van der Waals surface area contributed by atoms with Gasteiger partial charge in [-0.05, 0) is 30.3 Å². The van der Waals surface area contributed by atoms with Crippen LogP contribution < -0.4 is 10.1 Å². The predicted molar refractivity (Wildman–Crippen MR) is 88.9 cm³/mol. The summed E-state index contributed by atoms with van der Waals surface area (Å²) in [5.41, 5.74) is 0.780. The van der Waals surface area contributed by atoms with E-state index in [4.69, 9.17) is 32.4 Å². The quantitative estimate of drug-likeness (QED) is 0.706. The maximum Gasteiger partial charge on any atom is 0.253 e. The van der Waals surface area contributed by atoms with Gasteiger partial charge in [0.25, 0.3) is 5.89 Å². The summed E-state index contributed by atoms with van der Waals surface area (Å²) in [5, 5.41) is 12.1. The molecule has 1 heterocycles. The number of ether oxygens (including phenoxy) is 1. The Morgan fingerprint density at radius 2 is 1.65 bits per heavy atom. The van der Waals surface area contributed by atoms with Crippen molar-refractivity contribution in [2.45, 2.75) is 13.2 Å². The van der Waals surface area contributed by atoms with Crippen LogP contribution in [-0.4, -0.2) is 10.2 Å². The smallest absolute Gasteiger partial charge is 0.253 e. The second-order valence-electron chi connectivity index (χ2n) is 4.70. The summed E-state index contributed by atoms with van der Waals surface area (Å²) in [6.07, 6.45) is 0. The standard InChI is InChI=1S/C16H13Cl2N3O2/c17-11-6-12(18)8-13(7-11)19-9-15-20-21-16(23-15)10-22-14-4-2-1-3-5-14/h1-8,19H,9-10H2. The minimum Gasteiger partial charge on any atom is -0.484 e. The van der Waals surface area contributed by atoms with Gasteiger partial charge in [0.15, 0.2) is 6.61 Å². The number of benzene rings is 2. The molecule has 0 aliphatic rings. The second kappa shape index (κ2) is 7.35. The minimum absolute atomic E-state index is 0.222. The first-order chi connectivity index (χ1) is 11.2. The molecule has 3 aromatic rings. The van der Waals surface area contributed by atoms with Crippen molar-refractivity contribution >= 4 is 28.9 Å². The third kappa shape index (κ3) is 4.61. The van der Waals surface area contributed by atoms with Crippen molar-refractivity contribution in [1.29, 1.82) is 0 Å². The number of nitrogens with zero attached hydrogens (tertiary/aromatic N) is 2. The number of aromatic nitrogens is 2. The molecule has 5 nitrogen and oxygen atoms in total. The van der Waals surface area contributed by atoms with Crippen molar-refractivity contribution < 1.29 is 9.15 Å². The van der Waals surface area contributed by atoms with Gasteiger partial charge in [-0.2, -0.15) is 0 Å². The lowest BCUT2D eigenvalue weighted by molar-refractivity contribution is 0.259. The van der Waals surface area contributed by atoms with Crippen molar-refractivity contribution in [1.82, 2.24) is 10.2 Å². The van der Waals surface area contributed by atoms with Crippen LogP contribution in [-0.2, 0) is 13.2 Å². The summed E-state index contributed by atoms with van der Waals surface area (Å²) in [6.45, 7) is 0.592. The van der Waals surface area contributed by atoms with Gasteiger partial charge in [0.2, 0.25) is 5.89 Å². The molecule has 0 atom stereocenters. The maximum atomic E-state index is 5.94. The zero-order valence-electron chi connectivity index (χ0n) is 12.0. The Kier molecular flexibility index (Phi) is 5.00. The van der Waals surface area contributed by atoms with Crippen LogP contribution in [0.1, 0.15) is 11.8 Å². The molecular formula is C16H13Cl2N3O2. The Balaban J connectivity index is 1.55. The summed E-state index contributed by atoms with van der Waals surface area (Å²) in [7, 11) is 0. The van der Waals surface area contributed by atoms with Crippen LogP contribution in [0, 0.1) is 0 Å². The molecule has 3 rings (SSSR count). The number of halogens is 2. The van der Waals surface area contributed by atoms with Crippen LogP contribution in [0.15, 0.2) is 52.9 Å². The highest BCUT2D eigenvalue weighted by Crippen LogP contribution is 2.22. The fourth-order valence-electron chi connectivity index (χ4n) is 1.91. The fourth-order valence-corrected chi connectivity index (χ4v) is 2.44. The van der Waals surface area contributed by atoms with Gasteiger partial charge < -0.3 is 14.5 Å². The number of hydrogen-bond acceptors (Lipinski definition) is 5. The van der Waals surface area contributed by atoms with E-state index < -0.39 is 0 Å². The predicted octanol–water partition coefficient (Wildman–Crippen LogP) is 4.57. The van der Waals surface area contributed by atoms with E-state index >= 15 is 0 Å². The maximum absolute atomic E-state index is 5.94. The molecule has 0 fully saturated rings. The van der Waals surface area contributed by atoms with Crippen molar-refractivity contribution in [2.75, 3.05) is 5.32 Å². The lowest BCUT2D eigenvalue weighted by Gasteiger charge is -2.04. The molecule has 0 amide bonds. The third-order valence-electron chi connectivity index (χ3n) is 2.92. The van der Waals surface area contributed by atoms with Gasteiger partial charge in [-0.1, -0.05) is 41.4 Å². The zero-order valence-corrected chi connectivity index (χ0v) is 13.5. The van der Waals surface area contributed by atoms with E-state index in [1.165, 1.54) is 0 Å². The molecule has 0 bridgehead atoms. The summed E-state index contributed by atoms with van der Waals surface area (Å²) in [4.78, 5) is 0. The van der Waals surface area contributed by atoms with Gasteiger partial charge in [0.05, 0.1) is 6.54 Å². The summed E-state index contributed by atoms with van der Waals surface area (Å²) < 4.78 is 11.1. The normalized spacial score (nSPS) is 10.5. The highest BCUT2D eigenvalue weighted by atomic mass is 35.5. The van der Waals surface area contributed by atoms with E-state index in [1.54, 1.807) is 18.2 Å². The van der Waals surface area contributed by atoms with Crippen LogP contribution in [0.3, 0.4) is 0 Å². The SMILES string of the molecule is Clc1cc(Cl)cc(NCc2nnc(COc3ccccc3)o2)c1. The topological polar surface area (TPSA) is 60.2 Å². The van der Waals surface area contributed by atoms with Gasteiger partial charge in [-0.25, -0.2) is 0 Å². The lowest BCUT2D eigenvalue weighted by atomic mass is 10.3. The summed E-state index contributed by atoms with van der Waals surface area (Å²) >= 11 is 11.9. The van der Waals surface area contributed by atoms with Gasteiger partial charge in [0.1, 0.15) is 5.75 Å². The number of rotatable bonds is 6. The van der Waals surface area contributed by atoms with E-state index in [0.29, 0.717) is 28.4 Å². The van der Waals surface area contributed by atoms with E-state index in [0.717, 1.165) is 11.4 Å². The number of hydrogen-bond donors (Lipinski definition) is 1. The minimum atomic E-state index is 0.222. The Morgan fingerprint density at radius 3 is 2.39 bits per heavy atom. The molecule has 0 unspecified atom stereocenters. The third-order valence-corrected chi connectivity index (χ3v) is 3.36. The van der Waals surface area contributed by atoms with Crippen LogP contribution in [0.4, 0.5) is 5.69 Å². The monoisotopic (exact) mass is 349 g/mol. The molecule has 1 N–H and O–H groups in total. The van der Waals surface area contributed by atoms with Crippen LogP contribution in [0.5, 0.6) is 5.75 Å². The average Bonchev–Trinajstić information content (AvgIpc) is 2.99. The molecule has 118 valence electrons. The molecule has 0 saturated heterocycles. The summed E-state index contributed by atoms with van der Waals surface area (Å²) in [5.74, 6) is 1.61. The largest absolute Gasteiger partial charge is 0.484 e. The Hall–Kier alpha value is -2.24. The Bertz CT molecular complexity index is 758. The van der Waals surface area contributed by atoms with Crippen molar-refractivity contribution in [3.63, 3.8) is 0 Å². The number of nitrogens with one attached hydrogen (secondary N) is 1. The molecule has 1 aromatic heterocycles. The van der Waals surface area contributed by atoms with Gasteiger partial charge in [-0.3, -0.25) is 0 Å². The molecule has 0 radical (unpaired) electrons.